The van der Waals surface area contributed by atoms with E-state index in [1.807, 2.05) is 57.7 Å². The lowest BCUT2D eigenvalue weighted by Crippen LogP contribution is -2.54. The van der Waals surface area contributed by atoms with E-state index in [0.717, 1.165) is 5.56 Å². The van der Waals surface area contributed by atoms with Gasteiger partial charge in [-0.25, -0.2) is 19.1 Å². The molecule has 46 heavy (non-hydrogen) atoms. The second-order valence-electron chi connectivity index (χ2n) is 11.9. The number of aromatic nitrogens is 4. The van der Waals surface area contributed by atoms with Gasteiger partial charge in [-0.15, -0.1) is 0 Å². The van der Waals surface area contributed by atoms with Gasteiger partial charge in [0, 0.05) is 57.2 Å². The SMILES string of the molecule is C=CC(=O)N1CCN(c2nc(=O)n(-c3c(C)ccnc3C(C)C)c3nc(-c4cc(C(=O)O)ccc4N(C)C)c(C#N)cc23)[C@@H](C)C1. The van der Waals surface area contributed by atoms with Gasteiger partial charge >= 0.3 is 11.7 Å². The molecule has 1 atom stereocenters. The van der Waals surface area contributed by atoms with Crippen molar-refractivity contribution < 1.29 is 14.7 Å². The molecule has 12 heteroatoms. The Hall–Kier alpha value is -5.57. The van der Waals surface area contributed by atoms with E-state index < -0.39 is 11.7 Å². The number of aryl methyl sites for hydroxylation is 1. The van der Waals surface area contributed by atoms with Crippen LogP contribution in [0.3, 0.4) is 0 Å². The number of aromatic carboxylic acids is 1. The van der Waals surface area contributed by atoms with E-state index in [-0.39, 0.29) is 40.3 Å². The number of carbonyl (C=O) groups excluding carboxylic acids is 1. The molecule has 0 saturated carbocycles. The Morgan fingerprint density at radius 1 is 1.17 bits per heavy atom. The molecular weight excluding hydrogens is 584 g/mol. The molecule has 4 aromatic rings. The highest BCUT2D eigenvalue weighted by Crippen LogP contribution is 2.37. The molecule has 1 aliphatic heterocycles. The monoisotopic (exact) mass is 620 g/mol. The molecule has 0 bridgehead atoms. The topological polar surface area (TPSA) is 149 Å². The predicted molar refractivity (Wildman–Crippen MR) is 177 cm³/mol. The van der Waals surface area contributed by atoms with Crippen LogP contribution in [0, 0.1) is 18.3 Å². The maximum absolute atomic E-state index is 14.2. The van der Waals surface area contributed by atoms with Crippen LogP contribution in [-0.2, 0) is 4.79 Å². The van der Waals surface area contributed by atoms with E-state index in [0.29, 0.717) is 53.5 Å². The fourth-order valence-corrected chi connectivity index (χ4v) is 5.98. The van der Waals surface area contributed by atoms with Crippen molar-refractivity contribution in [3.8, 4) is 23.0 Å². The molecule has 236 valence electrons. The molecule has 5 rings (SSSR count). The first-order chi connectivity index (χ1) is 21.9. The fraction of sp³-hybridized carbons (Fsp3) is 0.324. The van der Waals surface area contributed by atoms with Crippen molar-refractivity contribution in [2.75, 3.05) is 43.5 Å². The first kappa shape index (κ1) is 31.8. The summed E-state index contributed by atoms with van der Waals surface area (Å²) in [6.45, 7) is 12.6. The Balaban J connectivity index is 1.89. The standard InChI is InChI=1S/C34H36N8O4/c1-8-27(43)40-13-14-41(21(5)18-40)31-25-16-23(17-35)29(24-15-22(33(44)45)9-10-26(24)39(6)7)37-32(25)42(34(46)38-31)30-20(4)11-12-36-28(30)19(2)3/h8-12,15-16,19,21H,1,13-14,18H2,2-7H3,(H,44,45)/t21-/m0/s1. The number of nitrogens with zero attached hydrogens (tertiary/aromatic N) is 8. The Morgan fingerprint density at radius 3 is 2.52 bits per heavy atom. The van der Waals surface area contributed by atoms with Crippen LogP contribution in [0.25, 0.3) is 28.0 Å². The number of hydrogen-bond acceptors (Lipinski definition) is 9. The van der Waals surface area contributed by atoms with Gasteiger partial charge in [0.05, 0.1) is 33.6 Å². The number of carboxylic acid groups (broad SMARTS) is 1. The van der Waals surface area contributed by atoms with Crippen LogP contribution in [0.1, 0.15) is 53.9 Å². The van der Waals surface area contributed by atoms with Gasteiger partial charge in [0.1, 0.15) is 11.9 Å². The van der Waals surface area contributed by atoms with Crippen LogP contribution in [-0.4, -0.2) is 81.2 Å². The minimum absolute atomic E-state index is 0.0326. The maximum Gasteiger partial charge on any atom is 0.355 e. The molecule has 12 nitrogen and oxygen atoms in total. The summed E-state index contributed by atoms with van der Waals surface area (Å²) < 4.78 is 1.44. The predicted octanol–water partition coefficient (Wildman–Crippen LogP) is 4.13. The minimum atomic E-state index is -1.12. The third-order valence-electron chi connectivity index (χ3n) is 8.26. The van der Waals surface area contributed by atoms with E-state index in [4.69, 9.17) is 4.98 Å². The molecule has 1 aliphatic rings. The summed E-state index contributed by atoms with van der Waals surface area (Å²) in [7, 11) is 3.63. The highest BCUT2D eigenvalue weighted by atomic mass is 16.4. The molecular formula is C34H36N8O4. The van der Waals surface area contributed by atoms with Gasteiger partial charge in [-0.1, -0.05) is 20.4 Å². The van der Waals surface area contributed by atoms with Crippen LogP contribution in [0.15, 0.2) is 54.0 Å². The Labute approximate surface area is 266 Å². The van der Waals surface area contributed by atoms with Gasteiger partial charge in [0.15, 0.2) is 5.65 Å². The zero-order valence-corrected chi connectivity index (χ0v) is 26.8. The van der Waals surface area contributed by atoms with Crippen molar-refractivity contribution in [1.82, 2.24) is 24.4 Å². The van der Waals surface area contributed by atoms with Crippen LogP contribution >= 0.6 is 0 Å². The number of carbonyl (C=O) groups is 2. The van der Waals surface area contributed by atoms with E-state index in [1.165, 1.54) is 22.8 Å². The number of amides is 1. The highest BCUT2D eigenvalue weighted by Gasteiger charge is 2.31. The van der Waals surface area contributed by atoms with Gasteiger partial charge in [0.2, 0.25) is 5.91 Å². The van der Waals surface area contributed by atoms with Gasteiger partial charge in [-0.05, 0) is 61.7 Å². The second kappa shape index (κ2) is 12.4. The number of fused-ring (bicyclic) bond motifs is 1. The lowest BCUT2D eigenvalue weighted by molar-refractivity contribution is -0.126. The number of anilines is 2. The zero-order chi connectivity index (χ0) is 33.4. The highest BCUT2D eigenvalue weighted by molar-refractivity contribution is 5.96. The molecule has 1 saturated heterocycles. The van der Waals surface area contributed by atoms with Gasteiger partial charge < -0.3 is 19.8 Å². The van der Waals surface area contributed by atoms with E-state index >= 15 is 0 Å². The quantitative estimate of drug-likeness (QED) is 0.299. The third-order valence-corrected chi connectivity index (χ3v) is 8.26. The van der Waals surface area contributed by atoms with Crippen LogP contribution in [0.2, 0.25) is 0 Å². The van der Waals surface area contributed by atoms with E-state index in [1.54, 1.807) is 23.2 Å². The maximum atomic E-state index is 14.2. The molecule has 4 heterocycles. The minimum Gasteiger partial charge on any atom is -0.478 e. The molecule has 1 amide bonds. The van der Waals surface area contributed by atoms with Crippen molar-refractivity contribution >= 4 is 34.4 Å². The van der Waals surface area contributed by atoms with Crippen molar-refractivity contribution in [2.24, 2.45) is 0 Å². The molecule has 0 spiro atoms. The number of rotatable bonds is 7. The number of carboxylic acids is 1. The molecule has 1 N–H and O–H groups in total. The number of benzene rings is 1. The van der Waals surface area contributed by atoms with Crippen LogP contribution in [0.4, 0.5) is 11.5 Å². The fourth-order valence-electron chi connectivity index (χ4n) is 5.98. The smallest absolute Gasteiger partial charge is 0.355 e. The van der Waals surface area contributed by atoms with Crippen molar-refractivity contribution in [3.05, 3.63) is 82.1 Å². The average molecular weight is 621 g/mol. The van der Waals surface area contributed by atoms with Crippen LogP contribution in [0.5, 0.6) is 0 Å². The summed E-state index contributed by atoms with van der Waals surface area (Å²) in [6.07, 6.45) is 2.98. The van der Waals surface area contributed by atoms with Gasteiger partial charge in [-0.2, -0.15) is 10.2 Å². The summed E-state index contributed by atoms with van der Waals surface area (Å²) in [5.41, 5.74) is 3.22. The molecule has 0 unspecified atom stereocenters. The summed E-state index contributed by atoms with van der Waals surface area (Å²) in [6, 6.07) is 10.2. The molecule has 3 aromatic heterocycles. The molecule has 1 fully saturated rings. The second-order valence-corrected chi connectivity index (χ2v) is 11.9. The molecule has 0 aliphatic carbocycles. The van der Waals surface area contributed by atoms with Crippen molar-refractivity contribution in [3.63, 3.8) is 0 Å². The van der Waals surface area contributed by atoms with Crippen LogP contribution < -0.4 is 15.5 Å². The van der Waals surface area contributed by atoms with Gasteiger partial charge in [0.25, 0.3) is 0 Å². The Kier molecular flexibility index (Phi) is 8.61. The lowest BCUT2D eigenvalue weighted by atomic mass is 9.99. The molecule has 1 aromatic carbocycles. The number of piperazine rings is 1. The number of nitriles is 1. The summed E-state index contributed by atoms with van der Waals surface area (Å²) >= 11 is 0. The molecule has 0 radical (unpaired) electrons. The summed E-state index contributed by atoms with van der Waals surface area (Å²) in [5.74, 6) is -0.988. The first-order valence-electron chi connectivity index (χ1n) is 14.9. The number of pyridine rings is 2. The third kappa shape index (κ3) is 5.56. The van der Waals surface area contributed by atoms with Gasteiger partial charge in [-0.3, -0.25) is 9.78 Å². The Bertz CT molecular complexity index is 1990. The normalized spacial score (nSPS) is 14.8. The average Bonchev–Trinajstić information content (AvgIpc) is 3.03. The first-order valence-corrected chi connectivity index (χ1v) is 14.9. The summed E-state index contributed by atoms with van der Waals surface area (Å²) in [5, 5.41) is 20.7. The lowest BCUT2D eigenvalue weighted by Gasteiger charge is -2.40. The van der Waals surface area contributed by atoms with Crippen molar-refractivity contribution in [1.29, 1.82) is 5.26 Å². The summed E-state index contributed by atoms with van der Waals surface area (Å²) in [4.78, 5) is 58.2. The largest absolute Gasteiger partial charge is 0.478 e. The van der Waals surface area contributed by atoms with E-state index in [2.05, 4.69) is 22.6 Å². The van der Waals surface area contributed by atoms with Crippen molar-refractivity contribution in [2.45, 2.75) is 39.7 Å². The van der Waals surface area contributed by atoms with E-state index in [9.17, 15) is 24.8 Å². The Morgan fingerprint density at radius 2 is 1.91 bits per heavy atom. The number of hydrogen-bond donors (Lipinski definition) is 1. The zero-order valence-electron chi connectivity index (χ0n) is 26.8.